The molecular formula is C14H18N4S. The molecule has 4 nitrogen and oxygen atoms in total. The van der Waals surface area contributed by atoms with Crippen molar-refractivity contribution in [3.63, 3.8) is 0 Å². The van der Waals surface area contributed by atoms with Crippen molar-refractivity contribution < 1.29 is 0 Å². The molecule has 1 unspecified atom stereocenters. The van der Waals surface area contributed by atoms with E-state index >= 15 is 0 Å². The summed E-state index contributed by atoms with van der Waals surface area (Å²) in [6, 6.07) is 8.62. The SMILES string of the molecule is CC(C)c1c(N)nnn1CC1CSc2ccccc21. The Morgan fingerprint density at radius 2 is 2.21 bits per heavy atom. The summed E-state index contributed by atoms with van der Waals surface area (Å²) in [7, 11) is 0. The summed E-state index contributed by atoms with van der Waals surface area (Å²) in [5.74, 6) is 2.52. The molecule has 1 aromatic carbocycles. The smallest absolute Gasteiger partial charge is 0.169 e. The van der Waals surface area contributed by atoms with Gasteiger partial charge in [0.1, 0.15) is 0 Å². The average molecular weight is 274 g/mol. The van der Waals surface area contributed by atoms with E-state index in [1.165, 1.54) is 10.5 Å². The number of anilines is 1. The zero-order valence-corrected chi connectivity index (χ0v) is 12.0. The highest BCUT2D eigenvalue weighted by molar-refractivity contribution is 7.99. The first-order valence-corrected chi connectivity index (χ1v) is 7.56. The highest BCUT2D eigenvalue weighted by Crippen LogP contribution is 2.40. The Kier molecular flexibility index (Phi) is 3.22. The van der Waals surface area contributed by atoms with Crippen LogP contribution in [0, 0.1) is 0 Å². The molecule has 1 aromatic heterocycles. The minimum absolute atomic E-state index is 0.347. The Labute approximate surface area is 117 Å². The van der Waals surface area contributed by atoms with Crippen molar-refractivity contribution in [3.05, 3.63) is 35.5 Å². The summed E-state index contributed by atoms with van der Waals surface area (Å²) in [6.45, 7) is 5.12. The van der Waals surface area contributed by atoms with E-state index in [1.54, 1.807) is 0 Å². The molecule has 1 aliphatic heterocycles. The molecule has 19 heavy (non-hydrogen) atoms. The van der Waals surface area contributed by atoms with E-state index < -0.39 is 0 Å². The summed E-state index contributed by atoms with van der Waals surface area (Å²) in [5.41, 5.74) is 8.39. The van der Waals surface area contributed by atoms with Crippen LogP contribution in [0.3, 0.4) is 0 Å². The molecule has 1 atom stereocenters. The third kappa shape index (κ3) is 2.23. The molecular weight excluding hydrogens is 256 g/mol. The van der Waals surface area contributed by atoms with Crippen LogP contribution in [0.25, 0.3) is 0 Å². The highest BCUT2D eigenvalue weighted by atomic mass is 32.2. The number of fused-ring (bicyclic) bond motifs is 1. The lowest BCUT2D eigenvalue weighted by Gasteiger charge is -2.14. The van der Waals surface area contributed by atoms with Gasteiger partial charge in [-0.2, -0.15) is 0 Å². The summed E-state index contributed by atoms with van der Waals surface area (Å²) in [4.78, 5) is 1.40. The maximum Gasteiger partial charge on any atom is 0.169 e. The van der Waals surface area contributed by atoms with Gasteiger partial charge in [-0.25, -0.2) is 4.68 Å². The lowest BCUT2D eigenvalue weighted by Crippen LogP contribution is -2.14. The van der Waals surface area contributed by atoms with Crippen LogP contribution in [-0.4, -0.2) is 20.7 Å². The maximum atomic E-state index is 5.91. The topological polar surface area (TPSA) is 56.7 Å². The zero-order valence-electron chi connectivity index (χ0n) is 11.2. The monoisotopic (exact) mass is 274 g/mol. The fourth-order valence-corrected chi connectivity index (χ4v) is 3.89. The maximum absolute atomic E-state index is 5.91. The van der Waals surface area contributed by atoms with E-state index in [0.29, 0.717) is 17.7 Å². The second kappa shape index (κ2) is 4.89. The molecule has 100 valence electrons. The van der Waals surface area contributed by atoms with E-state index in [0.717, 1.165) is 18.0 Å². The van der Waals surface area contributed by atoms with Gasteiger partial charge in [-0.15, -0.1) is 16.9 Å². The Balaban J connectivity index is 1.88. The van der Waals surface area contributed by atoms with E-state index in [-0.39, 0.29) is 0 Å². The molecule has 0 fully saturated rings. The molecule has 2 heterocycles. The van der Waals surface area contributed by atoms with Crippen LogP contribution >= 0.6 is 11.8 Å². The molecule has 0 saturated carbocycles. The molecule has 5 heteroatoms. The summed E-state index contributed by atoms with van der Waals surface area (Å²) in [6.07, 6.45) is 0. The quantitative estimate of drug-likeness (QED) is 0.935. The minimum atomic E-state index is 0.347. The molecule has 0 aliphatic carbocycles. The predicted molar refractivity (Wildman–Crippen MR) is 78.4 cm³/mol. The van der Waals surface area contributed by atoms with E-state index in [1.807, 2.05) is 16.4 Å². The van der Waals surface area contributed by atoms with Crippen molar-refractivity contribution in [2.24, 2.45) is 0 Å². The van der Waals surface area contributed by atoms with Crippen LogP contribution in [0.15, 0.2) is 29.2 Å². The van der Waals surface area contributed by atoms with Crippen LogP contribution in [0.5, 0.6) is 0 Å². The fraction of sp³-hybridized carbons (Fsp3) is 0.429. The van der Waals surface area contributed by atoms with Gasteiger partial charge in [-0.3, -0.25) is 0 Å². The first kappa shape index (κ1) is 12.5. The fourth-order valence-electron chi connectivity index (χ4n) is 2.65. The van der Waals surface area contributed by atoms with Crippen molar-refractivity contribution in [3.8, 4) is 0 Å². The van der Waals surface area contributed by atoms with Gasteiger partial charge in [0.05, 0.1) is 12.2 Å². The van der Waals surface area contributed by atoms with Crippen molar-refractivity contribution in [2.75, 3.05) is 11.5 Å². The van der Waals surface area contributed by atoms with Gasteiger partial charge in [0, 0.05) is 16.6 Å². The number of rotatable bonds is 3. The number of nitrogens with two attached hydrogens (primary N) is 1. The standard InChI is InChI=1S/C14H18N4S/c1-9(2)13-14(15)16-17-18(13)7-10-8-19-12-6-4-3-5-11(10)12/h3-6,9-10H,7-8,15H2,1-2H3. The summed E-state index contributed by atoms with van der Waals surface area (Å²) in [5, 5.41) is 8.23. The Morgan fingerprint density at radius 1 is 1.42 bits per heavy atom. The molecule has 0 spiro atoms. The Bertz CT molecular complexity index is 591. The number of thioether (sulfide) groups is 1. The van der Waals surface area contributed by atoms with Crippen molar-refractivity contribution in [2.45, 2.75) is 37.1 Å². The normalized spacial score (nSPS) is 17.9. The minimum Gasteiger partial charge on any atom is -0.381 e. The van der Waals surface area contributed by atoms with E-state index in [4.69, 9.17) is 5.73 Å². The number of hydrogen-bond acceptors (Lipinski definition) is 4. The summed E-state index contributed by atoms with van der Waals surface area (Å²) >= 11 is 1.92. The number of aromatic nitrogens is 3. The molecule has 2 aromatic rings. The Morgan fingerprint density at radius 3 is 3.00 bits per heavy atom. The molecule has 0 amide bonds. The van der Waals surface area contributed by atoms with Gasteiger partial charge in [-0.05, 0) is 17.5 Å². The van der Waals surface area contributed by atoms with Crippen molar-refractivity contribution in [1.29, 1.82) is 0 Å². The molecule has 2 N–H and O–H groups in total. The largest absolute Gasteiger partial charge is 0.381 e. The van der Waals surface area contributed by atoms with E-state index in [2.05, 4.69) is 48.4 Å². The van der Waals surface area contributed by atoms with Gasteiger partial charge in [0.15, 0.2) is 5.82 Å². The van der Waals surface area contributed by atoms with E-state index in [9.17, 15) is 0 Å². The first-order valence-electron chi connectivity index (χ1n) is 6.57. The third-order valence-corrected chi connectivity index (χ3v) is 4.79. The third-order valence-electron chi connectivity index (χ3n) is 3.54. The van der Waals surface area contributed by atoms with Crippen molar-refractivity contribution in [1.82, 2.24) is 15.0 Å². The number of benzene rings is 1. The second-order valence-electron chi connectivity index (χ2n) is 5.24. The van der Waals surface area contributed by atoms with Gasteiger partial charge < -0.3 is 5.73 Å². The number of nitrogens with zero attached hydrogens (tertiary/aromatic N) is 3. The van der Waals surface area contributed by atoms with Gasteiger partial charge in [0.2, 0.25) is 0 Å². The second-order valence-corrected chi connectivity index (χ2v) is 6.30. The van der Waals surface area contributed by atoms with Crippen LogP contribution in [-0.2, 0) is 6.54 Å². The van der Waals surface area contributed by atoms with Gasteiger partial charge in [-0.1, -0.05) is 37.3 Å². The van der Waals surface area contributed by atoms with Crippen LogP contribution < -0.4 is 5.73 Å². The predicted octanol–water partition coefficient (Wildman–Crippen LogP) is 2.87. The average Bonchev–Trinajstić information content (AvgIpc) is 2.95. The Hall–Kier alpha value is -1.49. The molecule has 0 bridgehead atoms. The molecule has 3 rings (SSSR count). The number of nitrogen functional groups attached to an aromatic ring is 1. The molecule has 0 saturated heterocycles. The summed E-state index contributed by atoms with van der Waals surface area (Å²) < 4.78 is 1.98. The lowest BCUT2D eigenvalue weighted by atomic mass is 10.0. The number of hydrogen-bond donors (Lipinski definition) is 1. The molecule has 1 aliphatic rings. The van der Waals surface area contributed by atoms with Crippen LogP contribution in [0.2, 0.25) is 0 Å². The lowest BCUT2D eigenvalue weighted by molar-refractivity contribution is 0.504. The molecule has 0 radical (unpaired) electrons. The van der Waals surface area contributed by atoms with Crippen molar-refractivity contribution >= 4 is 17.6 Å². The van der Waals surface area contributed by atoms with Gasteiger partial charge in [0.25, 0.3) is 0 Å². The highest BCUT2D eigenvalue weighted by Gasteiger charge is 2.25. The van der Waals surface area contributed by atoms with Crippen LogP contribution in [0.4, 0.5) is 5.82 Å². The zero-order chi connectivity index (χ0) is 13.4. The first-order chi connectivity index (χ1) is 9.16. The van der Waals surface area contributed by atoms with Gasteiger partial charge >= 0.3 is 0 Å². The van der Waals surface area contributed by atoms with Crippen LogP contribution in [0.1, 0.15) is 36.9 Å².